The monoisotopic (exact) mass is 374 g/mol. The van der Waals surface area contributed by atoms with Gasteiger partial charge in [0.25, 0.3) is 0 Å². The molecule has 0 aliphatic heterocycles. The molecule has 0 radical (unpaired) electrons. The summed E-state index contributed by atoms with van der Waals surface area (Å²) >= 11 is 0. The quantitative estimate of drug-likeness (QED) is 0.714. The van der Waals surface area contributed by atoms with Crippen LogP contribution in [0, 0.1) is 0 Å². The summed E-state index contributed by atoms with van der Waals surface area (Å²) in [5.74, 6) is 2.16. The fourth-order valence-electron chi connectivity index (χ4n) is 3.58. The van der Waals surface area contributed by atoms with Gasteiger partial charge >= 0.3 is 0 Å². The van der Waals surface area contributed by atoms with Crippen LogP contribution in [0.15, 0.2) is 48.7 Å². The van der Waals surface area contributed by atoms with Gasteiger partial charge in [0.15, 0.2) is 11.5 Å². The van der Waals surface area contributed by atoms with Gasteiger partial charge in [-0.05, 0) is 52.4 Å². The van der Waals surface area contributed by atoms with Gasteiger partial charge in [-0.3, -0.25) is 0 Å². The fourth-order valence-corrected chi connectivity index (χ4v) is 3.58. The summed E-state index contributed by atoms with van der Waals surface area (Å²) in [7, 11) is 4.78. The molecule has 1 aliphatic carbocycles. The van der Waals surface area contributed by atoms with Gasteiger partial charge in [0, 0.05) is 11.8 Å². The summed E-state index contributed by atoms with van der Waals surface area (Å²) in [4.78, 5) is 4.44. The van der Waals surface area contributed by atoms with Crippen LogP contribution in [0.2, 0.25) is 0 Å². The van der Waals surface area contributed by atoms with Crippen LogP contribution in [0.5, 0.6) is 17.2 Å². The van der Waals surface area contributed by atoms with Crippen LogP contribution in [0.25, 0.3) is 22.8 Å². The normalized spacial score (nSPS) is 12.3. The highest BCUT2D eigenvalue weighted by Crippen LogP contribution is 2.43. The highest BCUT2D eigenvalue weighted by molar-refractivity contribution is 5.90. The summed E-state index contributed by atoms with van der Waals surface area (Å²) < 4.78 is 16.4. The second-order valence-corrected chi connectivity index (χ2v) is 6.62. The number of nitrogens with zero attached hydrogens (tertiary/aromatic N) is 1. The van der Waals surface area contributed by atoms with Crippen molar-refractivity contribution < 1.29 is 14.2 Å². The highest BCUT2D eigenvalue weighted by Gasteiger charge is 2.18. The van der Waals surface area contributed by atoms with Gasteiger partial charge in [0.2, 0.25) is 5.75 Å². The predicted molar refractivity (Wildman–Crippen MR) is 112 cm³/mol. The van der Waals surface area contributed by atoms with E-state index in [1.54, 1.807) is 21.3 Å². The van der Waals surface area contributed by atoms with E-state index in [1.165, 1.54) is 16.7 Å². The maximum atomic E-state index is 6.21. The minimum absolute atomic E-state index is 0.453. The fraction of sp³-hybridized carbons (Fsp3) is 0.174. The molecule has 5 nitrogen and oxygen atoms in total. The maximum Gasteiger partial charge on any atom is 0.203 e. The molecule has 2 aromatic carbocycles. The molecule has 3 aromatic rings. The standard InChI is InChI=1S/C23H22N2O3/c1-26-20-11-17(12-21(27-2)22(20)28-3)19-10-18(13-25-23(19)24)16-8-14-6-4-5-7-15(14)9-16/h4-8,10-13H,9H2,1-3H3,(H2,24,25). The van der Waals surface area contributed by atoms with Crippen LogP contribution >= 0.6 is 0 Å². The molecular weight excluding hydrogens is 352 g/mol. The molecule has 0 fully saturated rings. The summed E-state index contributed by atoms with van der Waals surface area (Å²) in [6.07, 6.45) is 4.92. The topological polar surface area (TPSA) is 66.6 Å². The third kappa shape index (κ3) is 3.05. The zero-order valence-corrected chi connectivity index (χ0v) is 16.2. The Labute approximate surface area is 164 Å². The lowest BCUT2D eigenvalue weighted by Crippen LogP contribution is -1.99. The lowest BCUT2D eigenvalue weighted by atomic mass is 9.99. The van der Waals surface area contributed by atoms with Crippen molar-refractivity contribution in [2.24, 2.45) is 0 Å². The minimum atomic E-state index is 0.453. The zero-order chi connectivity index (χ0) is 19.7. The Hall–Kier alpha value is -3.47. The molecule has 1 aliphatic rings. The van der Waals surface area contributed by atoms with Crippen molar-refractivity contribution in [3.8, 4) is 28.4 Å². The van der Waals surface area contributed by atoms with Gasteiger partial charge in [0.05, 0.1) is 21.3 Å². The number of nitrogens with two attached hydrogens (primary N) is 1. The molecule has 5 heteroatoms. The molecule has 0 spiro atoms. The molecule has 0 unspecified atom stereocenters. The number of rotatable bonds is 5. The molecule has 0 saturated carbocycles. The second kappa shape index (κ2) is 7.27. The van der Waals surface area contributed by atoms with Crippen LogP contribution < -0.4 is 19.9 Å². The Balaban J connectivity index is 1.79. The zero-order valence-electron chi connectivity index (χ0n) is 16.2. The van der Waals surface area contributed by atoms with Crippen LogP contribution in [0.1, 0.15) is 16.7 Å². The van der Waals surface area contributed by atoms with E-state index in [0.717, 1.165) is 23.1 Å². The smallest absolute Gasteiger partial charge is 0.203 e. The van der Waals surface area contributed by atoms with Crippen molar-refractivity contribution in [2.45, 2.75) is 6.42 Å². The molecule has 1 heterocycles. The summed E-state index contributed by atoms with van der Waals surface area (Å²) in [5.41, 5.74) is 12.8. The number of pyridine rings is 1. The Bertz CT molecular complexity index is 1050. The molecule has 28 heavy (non-hydrogen) atoms. The van der Waals surface area contributed by atoms with Gasteiger partial charge in [-0.25, -0.2) is 4.98 Å². The van der Waals surface area contributed by atoms with Crippen molar-refractivity contribution in [2.75, 3.05) is 27.1 Å². The van der Waals surface area contributed by atoms with E-state index in [0.29, 0.717) is 23.1 Å². The van der Waals surface area contributed by atoms with Crippen molar-refractivity contribution in [3.05, 3.63) is 65.4 Å². The largest absolute Gasteiger partial charge is 0.493 e. The molecule has 0 bridgehead atoms. The lowest BCUT2D eigenvalue weighted by molar-refractivity contribution is 0.324. The first-order valence-electron chi connectivity index (χ1n) is 8.99. The van der Waals surface area contributed by atoms with E-state index in [1.807, 2.05) is 18.3 Å². The number of hydrogen-bond donors (Lipinski definition) is 1. The molecule has 0 atom stereocenters. The highest BCUT2D eigenvalue weighted by atomic mass is 16.5. The summed E-state index contributed by atoms with van der Waals surface area (Å²) in [5, 5.41) is 0. The van der Waals surface area contributed by atoms with Crippen LogP contribution in [0.3, 0.4) is 0 Å². The van der Waals surface area contributed by atoms with Gasteiger partial charge in [-0.15, -0.1) is 0 Å². The van der Waals surface area contributed by atoms with Crippen molar-refractivity contribution in [1.29, 1.82) is 0 Å². The third-order valence-electron chi connectivity index (χ3n) is 5.03. The first-order valence-corrected chi connectivity index (χ1v) is 8.99. The molecule has 1 aromatic heterocycles. The minimum Gasteiger partial charge on any atom is -0.493 e. The number of hydrogen-bond acceptors (Lipinski definition) is 5. The van der Waals surface area contributed by atoms with E-state index in [4.69, 9.17) is 19.9 Å². The van der Waals surface area contributed by atoms with Crippen molar-refractivity contribution in [3.63, 3.8) is 0 Å². The number of fused-ring (bicyclic) bond motifs is 1. The van der Waals surface area contributed by atoms with E-state index in [-0.39, 0.29) is 0 Å². The second-order valence-electron chi connectivity index (χ2n) is 6.62. The van der Waals surface area contributed by atoms with Crippen LogP contribution in [-0.4, -0.2) is 26.3 Å². The number of ether oxygens (including phenoxy) is 3. The first-order chi connectivity index (χ1) is 13.6. The maximum absolute atomic E-state index is 6.21. The van der Waals surface area contributed by atoms with Gasteiger partial charge in [0.1, 0.15) is 5.82 Å². The van der Waals surface area contributed by atoms with Crippen LogP contribution in [0.4, 0.5) is 5.82 Å². The molecule has 142 valence electrons. The van der Waals surface area contributed by atoms with Gasteiger partial charge < -0.3 is 19.9 Å². The SMILES string of the molecule is COc1cc(-c2cc(C3=Cc4ccccc4C3)cnc2N)cc(OC)c1OC. The van der Waals surface area contributed by atoms with E-state index < -0.39 is 0 Å². The summed E-state index contributed by atoms with van der Waals surface area (Å²) in [6, 6.07) is 14.3. The average molecular weight is 374 g/mol. The molecule has 0 amide bonds. The molecule has 2 N–H and O–H groups in total. The number of benzene rings is 2. The van der Waals surface area contributed by atoms with Gasteiger partial charge in [-0.1, -0.05) is 30.3 Å². The van der Waals surface area contributed by atoms with E-state index in [2.05, 4.69) is 41.4 Å². The number of methoxy groups -OCH3 is 3. The number of allylic oxidation sites excluding steroid dienone is 1. The first kappa shape index (κ1) is 17.9. The van der Waals surface area contributed by atoms with Crippen molar-refractivity contribution >= 4 is 17.5 Å². The number of anilines is 1. The van der Waals surface area contributed by atoms with Gasteiger partial charge in [-0.2, -0.15) is 0 Å². The molecule has 0 saturated heterocycles. The van der Waals surface area contributed by atoms with E-state index >= 15 is 0 Å². The Morgan fingerprint density at radius 3 is 2.25 bits per heavy atom. The lowest BCUT2D eigenvalue weighted by Gasteiger charge is -2.15. The average Bonchev–Trinajstić information content (AvgIpc) is 3.17. The van der Waals surface area contributed by atoms with Crippen molar-refractivity contribution in [1.82, 2.24) is 4.98 Å². The predicted octanol–water partition coefficient (Wildman–Crippen LogP) is 4.45. The number of nitrogen functional groups attached to an aromatic ring is 1. The molecular formula is C23H22N2O3. The van der Waals surface area contributed by atoms with E-state index in [9.17, 15) is 0 Å². The van der Waals surface area contributed by atoms with Crippen LogP contribution in [-0.2, 0) is 6.42 Å². The molecule has 4 rings (SSSR count). The Morgan fingerprint density at radius 2 is 1.61 bits per heavy atom. The summed E-state index contributed by atoms with van der Waals surface area (Å²) in [6.45, 7) is 0. The number of aromatic nitrogens is 1. The Kier molecular flexibility index (Phi) is 4.65. The Morgan fingerprint density at radius 1 is 0.893 bits per heavy atom. The third-order valence-corrected chi connectivity index (χ3v) is 5.03.